The van der Waals surface area contributed by atoms with Crippen LogP contribution in [0.5, 0.6) is 0 Å². The largest absolute Gasteiger partial charge is 0.456 e. The average Bonchev–Trinajstić information content (AvgIpc) is 3.56. The summed E-state index contributed by atoms with van der Waals surface area (Å²) in [6, 6.07) is 13.6. The highest BCUT2D eigenvalue weighted by Gasteiger charge is 2.44. The maximum Gasteiger partial charge on any atom is 0.338 e. The fourth-order valence-corrected chi connectivity index (χ4v) is 4.88. The minimum absolute atomic E-state index is 0.0997. The third-order valence-corrected chi connectivity index (χ3v) is 7.21. The highest BCUT2D eigenvalue weighted by Crippen LogP contribution is 2.45. The Morgan fingerprint density at radius 2 is 1.85 bits per heavy atom. The fraction of sp³-hybridized carbons (Fsp3) is 0.452. The van der Waals surface area contributed by atoms with E-state index < -0.39 is 12.1 Å². The van der Waals surface area contributed by atoms with Crippen LogP contribution < -0.4 is 11.1 Å². The highest BCUT2D eigenvalue weighted by atomic mass is 16.5. The number of carbonyl (C=O) groups is 2. The number of nitrogens with zero attached hydrogens (tertiary/aromatic N) is 2. The molecule has 1 saturated carbocycles. The van der Waals surface area contributed by atoms with Gasteiger partial charge in [-0.3, -0.25) is 4.79 Å². The normalized spacial score (nSPS) is 14.6. The average molecular weight is 533 g/mol. The monoisotopic (exact) mass is 532 g/mol. The summed E-state index contributed by atoms with van der Waals surface area (Å²) in [4.78, 5) is 32.8. The molecule has 1 aromatic heterocycles. The first-order valence-electron chi connectivity index (χ1n) is 14.0. The van der Waals surface area contributed by atoms with E-state index in [4.69, 9.17) is 14.9 Å². The number of rotatable bonds is 14. The number of esters is 1. The molecule has 1 atom stereocenters. The van der Waals surface area contributed by atoms with Crippen molar-refractivity contribution >= 4 is 11.9 Å². The lowest BCUT2D eigenvalue weighted by molar-refractivity contribution is 0.0312. The zero-order chi connectivity index (χ0) is 27.8. The molecule has 0 spiro atoms. The number of nitrogens with one attached hydrogen (secondary N) is 1. The molecule has 0 unspecified atom stereocenters. The number of aryl methyl sites for hydroxylation is 1. The zero-order valence-corrected chi connectivity index (χ0v) is 23.2. The molecule has 1 aliphatic rings. The highest BCUT2D eigenvalue weighted by molar-refractivity contribution is 5.99. The van der Waals surface area contributed by atoms with E-state index in [0.717, 1.165) is 32.1 Å². The molecule has 0 aliphatic heterocycles. The van der Waals surface area contributed by atoms with E-state index in [1.165, 1.54) is 23.6 Å². The minimum Gasteiger partial charge on any atom is -0.456 e. The Morgan fingerprint density at radius 1 is 1.10 bits per heavy atom. The van der Waals surface area contributed by atoms with Crippen molar-refractivity contribution in [2.45, 2.75) is 64.5 Å². The van der Waals surface area contributed by atoms with Gasteiger partial charge in [-0.05, 0) is 61.4 Å². The van der Waals surface area contributed by atoms with Crippen LogP contribution >= 0.6 is 0 Å². The molecule has 1 amide bonds. The number of aromatic nitrogens is 1. The van der Waals surface area contributed by atoms with Gasteiger partial charge >= 0.3 is 5.97 Å². The first kappa shape index (κ1) is 28.5. The van der Waals surface area contributed by atoms with Crippen LogP contribution in [-0.4, -0.2) is 54.0 Å². The number of hydrogen-bond donors (Lipinski definition) is 2. The molecule has 1 aliphatic carbocycles. The second-order valence-corrected chi connectivity index (χ2v) is 10.2. The lowest BCUT2D eigenvalue weighted by Crippen LogP contribution is -2.41. The lowest BCUT2D eigenvalue weighted by Gasteiger charge is -2.24. The SMILES string of the molecule is CCCN(CCC)C(=O)c1cc(C(=O)O[C@@H](CN)CNC2(c3cccc(CC)c3)CC2)cc(-c2ncco2)c1. The van der Waals surface area contributed by atoms with Crippen molar-refractivity contribution in [2.24, 2.45) is 5.73 Å². The van der Waals surface area contributed by atoms with Crippen LogP contribution in [0.4, 0.5) is 0 Å². The van der Waals surface area contributed by atoms with Crippen LogP contribution in [-0.2, 0) is 16.7 Å². The minimum atomic E-state index is -0.537. The molecule has 1 heterocycles. The van der Waals surface area contributed by atoms with Crippen molar-refractivity contribution in [2.75, 3.05) is 26.2 Å². The van der Waals surface area contributed by atoms with Gasteiger partial charge in [0.15, 0.2) is 0 Å². The Balaban J connectivity index is 1.51. The van der Waals surface area contributed by atoms with E-state index >= 15 is 0 Å². The molecular formula is C31H40N4O4. The van der Waals surface area contributed by atoms with Gasteiger partial charge in [0.25, 0.3) is 5.91 Å². The van der Waals surface area contributed by atoms with Crippen LogP contribution in [0.1, 0.15) is 78.3 Å². The number of hydrogen-bond acceptors (Lipinski definition) is 7. The number of ether oxygens (including phenoxy) is 1. The van der Waals surface area contributed by atoms with E-state index in [9.17, 15) is 9.59 Å². The quantitative estimate of drug-likeness (QED) is 0.283. The zero-order valence-electron chi connectivity index (χ0n) is 23.2. The van der Waals surface area contributed by atoms with Crippen LogP contribution in [0.25, 0.3) is 11.5 Å². The second kappa shape index (κ2) is 13.0. The first-order valence-corrected chi connectivity index (χ1v) is 14.0. The summed E-state index contributed by atoms with van der Waals surface area (Å²) in [6.07, 6.45) is 7.20. The van der Waals surface area contributed by atoms with Crippen LogP contribution in [0.15, 0.2) is 59.3 Å². The maximum absolute atomic E-state index is 13.4. The van der Waals surface area contributed by atoms with Gasteiger partial charge in [-0.1, -0.05) is 45.0 Å². The third-order valence-electron chi connectivity index (χ3n) is 7.21. The van der Waals surface area contributed by atoms with Crippen molar-refractivity contribution in [3.8, 4) is 11.5 Å². The van der Waals surface area contributed by atoms with E-state index in [1.807, 2.05) is 13.8 Å². The number of amides is 1. The smallest absolute Gasteiger partial charge is 0.338 e. The van der Waals surface area contributed by atoms with Gasteiger partial charge < -0.3 is 25.1 Å². The number of carbonyl (C=O) groups excluding carboxylic acids is 2. The predicted molar refractivity (Wildman–Crippen MR) is 151 cm³/mol. The van der Waals surface area contributed by atoms with Gasteiger partial charge in [0.2, 0.25) is 5.89 Å². The van der Waals surface area contributed by atoms with Gasteiger partial charge in [0, 0.05) is 42.8 Å². The van der Waals surface area contributed by atoms with Crippen LogP contribution in [0.2, 0.25) is 0 Å². The Bertz CT molecular complexity index is 1250. The molecule has 4 rings (SSSR count). The summed E-state index contributed by atoms with van der Waals surface area (Å²) in [6.45, 7) is 8.11. The molecule has 3 aromatic rings. The van der Waals surface area contributed by atoms with E-state index in [2.05, 4.69) is 41.5 Å². The summed E-state index contributed by atoms with van der Waals surface area (Å²) in [5, 5.41) is 3.61. The van der Waals surface area contributed by atoms with Gasteiger partial charge in [-0.2, -0.15) is 0 Å². The van der Waals surface area contributed by atoms with Crippen molar-refractivity contribution in [1.29, 1.82) is 0 Å². The Kier molecular flexibility index (Phi) is 9.54. The number of oxazole rings is 1. The Labute approximate surface area is 230 Å². The van der Waals surface area contributed by atoms with Crippen LogP contribution in [0.3, 0.4) is 0 Å². The molecule has 2 aromatic carbocycles. The molecule has 39 heavy (non-hydrogen) atoms. The van der Waals surface area contributed by atoms with Gasteiger partial charge in [-0.15, -0.1) is 0 Å². The summed E-state index contributed by atoms with van der Waals surface area (Å²) < 4.78 is 11.3. The molecule has 8 nitrogen and oxygen atoms in total. The van der Waals surface area contributed by atoms with Gasteiger partial charge in [0.05, 0.1) is 11.8 Å². The summed E-state index contributed by atoms with van der Waals surface area (Å²) in [7, 11) is 0. The molecule has 0 radical (unpaired) electrons. The fourth-order valence-electron chi connectivity index (χ4n) is 4.88. The summed E-state index contributed by atoms with van der Waals surface area (Å²) in [5.74, 6) is -0.341. The first-order chi connectivity index (χ1) is 18.9. The number of nitrogens with two attached hydrogens (primary N) is 1. The number of benzene rings is 2. The molecule has 3 N–H and O–H groups in total. The molecule has 0 saturated heterocycles. The molecule has 0 bridgehead atoms. The van der Waals surface area contributed by atoms with E-state index in [-0.39, 0.29) is 23.6 Å². The summed E-state index contributed by atoms with van der Waals surface area (Å²) in [5.41, 5.74) is 9.68. The maximum atomic E-state index is 13.4. The topological polar surface area (TPSA) is 111 Å². The standard InChI is InChI=1S/C31H40N4O4/c1-4-13-35(14-5-2)29(36)24-17-23(28-33-12-15-38-28)18-25(19-24)30(37)39-27(20-32)21-34-31(10-11-31)26-9-7-8-22(6-3)16-26/h7-9,12,15-19,27,34H,4-6,10-11,13-14,20-21,32H2,1-3H3/t27-/m0/s1. The lowest BCUT2D eigenvalue weighted by atomic mass is 10.0. The van der Waals surface area contributed by atoms with Gasteiger partial charge in [-0.25, -0.2) is 9.78 Å². The van der Waals surface area contributed by atoms with Crippen molar-refractivity contribution in [3.63, 3.8) is 0 Å². The molecule has 8 heteroatoms. The van der Waals surface area contributed by atoms with E-state index in [0.29, 0.717) is 36.7 Å². The van der Waals surface area contributed by atoms with Crippen molar-refractivity contribution in [3.05, 3.63) is 77.2 Å². The van der Waals surface area contributed by atoms with E-state index in [1.54, 1.807) is 23.1 Å². The molecule has 208 valence electrons. The van der Waals surface area contributed by atoms with Gasteiger partial charge in [0.1, 0.15) is 12.4 Å². The molecular weight excluding hydrogens is 492 g/mol. The van der Waals surface area contributed by atoms with Crippen LogP contribution in [0, 0.1) is 0 Å². The van der Waals surface area contributed by atoms with Crippen molar-refractivity contribution in [1.82, 2.24) is 15.2 Å². The summed E-state index contributed by atoms with van der Waals surface area (Å²) >= 11 is 0. The molecule has 1 fully saturated rings. The second-order valence-electron chi connectivity index (χ2n) is 10.2. The Morgan fingerprint density at radius 3 is 2.46 bits per heavy atom. The predicted octanol–water partition coefficient (Wildman–Crippen LogP) is 4.93. The Hall–Kier alpha value is -3.49. The third kappa shape index (κ3) is 6.94. The van der Waals surface area contributed by atoms with Crippen molar-refractivity contribution < 1.29 is 18.7 Å².